The fourth-order valence-electron chi connectivity index (χ4n) is 1.48. The lowest BCUT2D eigenvalue weighted by Gasteiger charge is -2.42. The highest BCUT2D eigenvalue weighted by Crippen LogP contribution is 2.29. The summed E-state index contributed by atoms with van der Waals surface area (Å²) in [6, 6.07) is 0. The Kier molecular flexibility index (Phi) is 2.79. The molecular formula is C7H12O7. The van der Waals surface area contributed by atoms with E-state index >= 15 is 0 Å². The number of carboxylic acid groups (broad SMARTS) is 1. The predicted molar refractivity (Wildman–Crippen MR) is 41.2 cm³/mol. The summed E-state index contributed by atoms with van der Waals surface area (Å²) in [7, 11) is 0. The van der Waals surface area contributed by atoms with E-state index in [9.17, 15) is 20.1 Å². The second-order valence-corrected chi connectivity index (χ2v) is 3.38. The first-order valence-corrected chi connectivity index (χ1v) is 3.99. The molecule has 1 aliphatic rings. The van der Waals surface area contributed by atoms with Gasteiger partial charge in [-0.2, -0.15) is 0 Å². The molecule has 6 N–H and O–H groups in total. The van der Waals surface area contributed by atoms with Crippen molar-refractivity contribution in [2.75, 3.05) is 0 Å². The van der Waals surface area contributed by atoms with Gasteiger partial charge in [0.05, 0.1) is 12.2 Å². The second-order valence-electron chi connectivity index (χ2n) is 3.38. The van der Waals surface area contributed by atoms with E-state index < -0.39 is 42.4 Å². The molecule has 0 aliphatic heterocycles. The fraction of sp³-hybridized carbons (Fsp3) is 0.857. The summed E-state index contributed by atoms with van der Waals surface area (Å²) < 4.78 is 0. The molecular weight excluding hydrogens is 196 g/mol. The number of aliphatic carboxylic acids is 1. The second kappa shape index (κ2) is 3.44. The quantitative estimate of drug-likeness (QED) is 0.264. The Hall–Kier alpha value is -0.730. The van der Waals surface area contributed by atoms with E-state index in [1.54, 1.807) is 0 Å². The molecule has 1 fully saturated rings. The van der Waals surface area contributed by atoms with Crippen LogP contribution in [0.5, 0.6) is 0 Å². The van der Waals surface area contributed by atoms with Gasteiger partial charge in [0, 0.05) is 6.42 Å². The Morgan fingerprint density at radius 2 is 1.71 bits per heavy atom. The van der Waals surface area contributed by atoms with Gasteiger partial charge in [0.1, 0.15) is 12.2 Å². The highest BCUT2D eigenvalue weighted by molar-refractivity contribution is 5.79. The van der Waals surface area contributed by atoms with Crippen LogP contribution >= 0.6 is 0 Å². The highest BCUT2D eigenvalue weighted by atomic mass is 16.4. The van der Waals surface area contributed by atoms with Crippen LogP contribution in [0.25, 0.3) is 0 Å². The lowest BCUT2D eigenvalue weighted by molar-refractivity contribution is -0.236. The van der Waals surface area contributed by atoms with Gasteiger partial charge in [0.2, 0.25) is 5.60 Å². The van der Waals surface area contributed by atoms with E-state index in [4.69, 9.17) is 15.3 Å². The Labute approximate surface area is 78.8 Å². The molecule has 82 valence electrons. The van der Waals surface area contributed by atoms with Crippen molar-refractivity contribution in [3.63, 3.8) is 0 Å². The van der Waals surface area contributed by atoms with Gasteiger partial charge in [0.25, 0.3) is 0 Å². The van der Waals surface area contributed by atoms with Crippen molar-refractivity contribution >= 4 is 5.97 Å². The van der Waals surface area contributed by atoms with Crippen LogP contribution in [0.3, 0.4) is 0 Å². The van der Waals surface area contributed by atoms with Gasteiger partial charge < -0.3 is 30.6 Å². The van der Waals surface area contributed by atoms with E-state index in [0.717, 1.165) is 0 Å². The summed E-state index contributed by atoms with van der Waals surface area (Å²) in [6.45, 7) is 0. The molecule has 14 heavy (non-hydrogen) atoms. The molecule has 0 aromatic heterocycles. The fourth-order valence-corrected chi connectivity index (χ4v) is 1.48. The molecule has 0 radical (unpaired) electrons. The predicted octanol–water partition coefficient (Wildman–Crippen LogP) is -3.35. The average Bonchev–Trinajstić information content (AvgIpc) is 2.11. The molecule has 0 saturated heterocycles. The lowest BCUT2D eigenvalue weighted by atomic mass is 9.76. The first kappa shape index (κ1) is 11.3. The Morgan fingerprint density at radius 1 is 1.21 bits per heavy atom. The number of rotatable bonds is 1. The van der Waals surface area contributed by atoms with E-state index in [-0.39, 0.29) is 0 Å². The molecule has 5 unspecified atom stereocenters. The van der Waals surface area contributed by atoms with E-state index in [0.29, 0.717) is 0 Å². The number of carboxylic acids is 1. The molecule has 0 amide bonds. The van der Waals surface area contributed by atoms with Crippen molar-refractivity contribution in [3.05, 3.63) is 0 Å². The molecule has 7 nitrogen and oxygen atoms in total. The normalized spacial score (nSPS) is 48.9. The summed E-state index contributed by atoms with van der Waals surface area (Å²) in [4.78, 5) is 10.6. The summed E-state index contributed by atoms with van der Waals surface area (Å²) >= 11 is 0. The maximum Gasteiger partial charge on any atom is 0.341 e. The molecule has 1 aliphatic carbocycles. The van der Waals surface area contributed by atoms with Crippen molar-refractivity contribution in [1.82, 2.24) is 0 Å². The van der Waals surface area contributed by atoms with Crippen LogP contribution in [0, 0.1) is 0 Å². The largest absolute Gasteiger partial charge is 0.479 e. The monoisotopic (exact) mass is 208 g/mol. The summed E-state index contributed by atoms with van der Waals surface area (Å²) in [5.74, 6) is -1.84. The zero-order chi connectivity index (χ0) is 11.1. The van der Waals surface area contributed by atoms with Gasteiger partial charge in [-0.05, 0) is 0 Å². The molecule has 1 rings (SSSR count). The summed E-state index contributed by atoms with van der Waals surface area (Å²) in [6.07, 6.45) is -7.72. The maximum atomic E-state index is 10.6. The van der Waals surface area contributed by atoms with Crippen LogP contribution in [-0.4, -0.2) is 66.6 Å². The first-order chi connectivity index (χ1) is 6.31. The number of aliphatic hydroxyl groups excluding tert-OH is 4. The van der Waals surface area contributed by atoms with Crippen LogP contribution < -0.4 is 0 Å². The third-order valence-corrected chi connectivity index (χ3v) is 2.48. The van der Waals surface area contributed by atoms with Crippen LogP contribution in [0.4, 0.5) is 0 Å². The van der Waals surface area contributed by atoms with E-state index in [1.165, 1.54) is 0 Å². The van der Waals surface area contributed by atoms with Gasteiger partial charge >= 0.3 is 5.97 Å². The van der Waals surface area contributed by atoms with Crippen LogP contribution in [-0.2, 0) is 4.79 Å². The SMILES string of the molecule is O=C(O)C1(O)C(O)CC(O)C(O)C1O. The molecule has 0 spiro atoms. The maximum absolute atomic E-state index is 10.6. The molecule has 5 atom stereocenters. The standard InChI is InChI=1S/C7H12O7/c8-2-1-3(9)7(14,6(12)13)5(11)4(2)10/h2-5,8-11,14H,1H2,(H,12,13). The smallest absolute Gasteiger partial charge is 0.341 e. The van der Waals surface area contributed by atoms with Gasteiger partial charge in [-0.3, -0.25) is 0 Å². The summed E-state index contributed by atoms with van der Waals surface area (Å²) in [5, 5.41) is 54.6. The van der Waals surface area contributed by atoms with Gasteiger partial charge in [0.15, 0.2) is 0 Å². The minimum atomic E-state index is -2.83. The zero-order valence-electron chi connectivity index (χ0n) is 7.11. The average molecular weight is 208 g/mol. The third-order valence-electron chi connectivity index (χ3n) is 2.48. The van der Waals surface area contributed by atoms with Crippen LogP contribution in [0.2, 0.25) is 0 Å². The van der Waals surface area contributed by atoms with Crippen molar-refractivity contribution in [2.45, 2.75) is 36.4 Å². The molecule has 1 saturated carbocycles. The van der Waals surface area contributed by atoms with Crippen LogP contribution in [0.1, 0.15) is 6.42 Å². The summed E-state index contributed by atoms with van der Waals surface area (Å²) in [5.41, 5.74) is -2.83. The van der Waals surface area contributed by atoms with Crippen molar-refractivity contribution < 1.29 is 35.4 Å². The van der Waals surface area contributed by atoms with Gasteiger partial charge in [-0.15, -0.1) is 0 Å². The van der Waals surface area contributed by atoms with Crippen LogP contribution in [0.15, 0.2) is 0 Å². The van der Waals surface area contributed by atoms with Crippen molar-refractivity contribution in [1.29, 1.82) is 0 Å². The van der Waals surface area contributed by atoms with Crippen molar-refractivity contribution in [2.24, 2.45) is 0 Å². The Balaban J connectivity index is 3.00. The third kappa shape index (κ3) is 1.39. The molecule has 0 bridgehead atoms. The highest BCUT2D eigenvalue weighted by Gasteiger charge is 2.58. The van der Waals surface area contributed by atoms with Gasteiger partial charge in [-0.25, -0.2) is 4.79 Å². The zero-order valence-corrected chi connectivity index (χ0v) is 7.11. The minimum Gasteiger partial charge on any atom is -0.479 e. The lowest BCUT2D eigenvalue weighted by Crippen LogP contribution is -2.68. The van der Waals surface area contributed by atoms with E-state index in [2.05, 4.69) is 0 Å². The first-order valence-electron chi connectivity index (χ1n) is 3.99. The minimum absolute atomic E-state index is 0.513. The molecule has 7 heteroatoms. The van der Waals surface area contributed by atoms with Gasteiger partial charge in [-0.1, -0.05) is 0 Å². The van der Waals surface area contributed by atoms with E-state index in [1.807, 2.05) is 0 Å². The molecule has 0 aromatic carbocycles. The Bertz CT molecular complexity index is 242. The topological polar surface area (TPSA) is 138 Å². The Morgan fingerprint density at radius 3 is 2.14 bits per heavy atom. The number of carbonyl (C=O) groups is 1. The number of hydrogen-bond donors (Lipinski definition) is 6. The molecule has 0 heterocycles. The number of aliphatic hydroxyl groups is 5. The van der Waals surface area contributed by atoms with Crippen molar-refractivity contribution in [3.8, 4) is 0 Å². The number of hydrogen-bond acceptors (Lipinski definition) is 6. The molecule has 0 aromatic rings.